The summed E-state index contributed by atoms with van der Waals surface area (Å²) in [5.41, 5.74) is 1.05. The van der Waals surface area contributed by atoms with Crippen molar-refractivity contribution in [2.45, 2.75) is 13.5 Å². The molecule has 1 amide bonds. The predicted octanol–water partition coefficient (Wildman–Crippen LogP) is 3.15. The van der Waals surface area contributed by atoms with E-state index in [1.807, 2.05) is 31.2 Å². The maximum absolute atomic E-state index is 12.1. The van der Waals surface area contributed by atoms with E-state index in [-0.39, 0.29) is 18.3 Å². The Bertz CT molecular complexity index is 820. The van der Waals surface area contributed by atoms with Crippen LogP contribution in [0.4, 0.5) is 5.82 Å². The Morgan fingerprint density at radius 3 is 2.83 bits per heavy atom. The van der Waals surface area contributed by atoms with Crippen LogP contribution in [0.15, 0.2) is 53.1 Å². The molecule has 2 heterocycles. The summed E-state index contributed by atoms with van der Waals surface area (Å²) in [6.45, 7) is 2.24. The zero-order valence-corrected chi connectivity index (χ0v) is 12.9. The van der Waals surface area contributed by atoms with Crippen LogP contribution in [0.1, 0.15) is 21.9 Å². The number of hydrogen-bond donors (Lipinski definition) is 1. The van der Waals surface area contributed by atoms with Crippen LogP contribution in [0.5, 0.6) is 5.75 Å². The van der Waals surface area contributed by atoms with Gasteiger partial charge >= 0.3 is 0 Å². The number of aromatic nitrogens is 2. The van der Waals surface area contributed by atoms with Gasteiger partial charge in [0.15, 0.2) is 11.6 Å². The molecule has 0 fully saturated rings. The molecule has 0 spiro atoms. The number of para-hydroxylation sites is 1. The first-order valence-corrected chi connectivity index (χ1v) is 7.20. The zero-order valence-electron chi connectivity index (χ0n) is 12.9. The van der Waals surface area contributed by atoms with Crippen molar-refractivity contribution >= 4 is 11.7 Å². The quantitative estimate of drug-likeness (QED) is 0.786. The first-order valence-electron chi connectivity index (χ1n) is 7.20. The van der Waals surface area contributed by atoms with Gasteiger partial charge in [-0.15, -0.1) is 0 Å². The Morgan fingerprint density at radius 1 is 1.26 bits per heavy atom. The van der Waals surface area contributed by atoms with E-state index in [1.54, 1.807) is 36.1 Å². The summed E-state index contributed by atoms with van der Waals surface area (Å²) in [5, 5.41) is 6.76. The Labute approximate surface area is 133 Å². The first kappa shape index (κ1) is 14.9. The van der Waals surface area contributed by atoms with Crippen LogP contribution in [-0.2, 0) is 13.7 Å². The maximum atomic E-state index is 12.1. The Kier molecular flexibility index (Phi) is 4.14. The number of nitrogens with zero attached hydrogens (tertiary/aromatic N) is 2. The molecule has 0 saturated carbocycles. The van der Waals surface area contributed by atoms with E-state index in [2.05, 4.69) is 10.4 Å². The molecule has 0 aliphatic carbocycles. The molecule has 6 heteroatoms. The van der Waals surface area contributed by atoms with Crippen LogP contribution < -0.4 is 10.1 Å². The molecular formula is C17H17N3O3. The van der Waals surface area contributed by atoms with Gasteiger partial charge in [-0.05, 0) is 30.7 Å². The summed E-state index contributed by atoms with van der Waals surface area (Å²) in [6.07, 6.45) is 1.75. The number of furan rings is 1. The third-order valence-corrected chi connectivity index (χ3v) is 3.30. The molecule has 0 atom stereocenters. The van der Waals surface area contributed by atoms with Crippen LogP contribution in [0.3, 0.4) is 0 Å². The van der Waals surface area contributed by atoms with Gasteiger partial charge in [-0.3, -0.25) is 9.48 Å². The molecule has 0 saturated heterocycles. The number of anilines is 1. The van der Waals surface area contributed by atoms with Crippen LogP contribution in [-0.4, -0.2) is 15.7 Å². The van der Waals surface area contributed by atoms with Crippen molar-refractivity contribution in [3.05, 3.63) is 65.7 Å². The molecule has 1 N–H and O–H groups in total. The fraction of sp³-hybridized carbons (Fsp3) is 0.176. The molecule has 0 radical (unpaired) electrons. The van der Waals surface area contributed by atoms with Gasteiger partial charge in [0.05, 0.1) is 0 Å². The van der Waals surface area contributed by atoms with E-state index in [9.17, 15) is 4.79 Å². The van der Waals surface area contributed by atoms with Gasteiger partial charge in [0, 0.05) is 19.3 Å². The number of benzene rings is 1. The molecule has 2 aromatic heterocycles. The molecular weight excluding hydrogens is 294 g/mol. The van der Waals surface area contributed by atoms with Crippen molar-refractivity contribution in [2.75, 3.05) is 5.32 Å². The van der Waals surface area contributed by atoms with Crippen LogP contribution in [0.25, 0.3) is 0 Å². The number of rotatable bonds is 5. The smallest absolute Gasteiger partial charge is 0.292 e. The van der Waals surface area contributed by atoms with Gasteiger partial charge < -0.3 is 14.5 Å². The Balaban J connectivity index is 1.61. The van der Waals surface area contributed by atoms with Gasteiger partial charge in [0.1, 0.15) is 18.1 Å². The maximum Gasteiger partial charge on any atom is 0.292 e. The topological polar surface area (TPSA) is 69.3 Å². The molecule has 6 nitrogen and oxygen atoms in total. The molecule has 3 rings (SSSR count). The van der Waals surface area contributed by atoms with Gasteiger partial charge in [-0.2, -0.15) is 5.10 Å². The highest BCUT2D eigenvalue weighted by atomic mass is 16.5. The number of aryl methyl sites for hydroxylation is 2. The number of nitrogens with one attached hydrogen (secondary N) is 1. The molecule has 0 bridgehead atoms. The lowest BCUT2D eigenvalue weighted by Gasteiger charge is -2.06. The van der Waals surface area contributed by atoms with Crippen LogP contribution in [0.2, 0.25) is 0 Å². The van der Waals surface area contributed by atoms with Crippen LogP contribution >= 0.6 is 0 Å². The zero-order chi connectivity index (χ0) is 16.2. The average molecular weight is 311 g/mol. The summed E-state index contributed by atoms with van der Waals surface area (Å²) in [7, 11) is 1.78. The molecule has 3 aromatic rings. The van der Waals surface area contributed by atoms with Crippen molar-refractivity contribution < 1.29 is 13.9 Å². The second-order valence-corrected chi connectivity index (χ2v) is 5.15. The number of carbonyl (C=O) groups excluding carboxylic acids is 1. The molecule has 118 valence electrons. The summed E-state index contributed by atoms with van der Waals surface area (Å²) in [5.74, 6) is 1.74. The summed E-state index contributed by atoms with van der Waals surface area (Å²) in [6, 6.07) is 12.8. The highest BCUT2D eigenvalue weighted by Gasteiger charge is 2.13. The summed E-state index contributed by atoms with van der Waals surface area (Å²) in [4.78, 5) is 12.1. The van der Waals surface area contributed by atoms with Crippen molar-refractivity contribution in [3.8, 4) is 5.75 Å². The van der Waals surface area contributed by atoms with E-state index >= 15 is 0 Å². The normalized spacial score (nSPS) is 10.5. The summed E-state index contributed by atoms with van der Waals surface area (Å²) < 4.78 is 12.8. The highest BCUT2D eigenvalue weighted by Crippen LogP contribution is 2.19. The lowest BCUT2D eigenvalue weighted by Crippen LogP contribution is -2.11. The Morgan fingerprint density at radius 2 is 2.09 bits per heavy atom. The van der Waals surface area contributed by atoms with Crippen molar-refractivity contribution in [3.63, 3.8) is 0 Å². The number of carbonyl (C=O) groups is 1. The standard InChI is InChI=1S/C17H17N3O3/c1-12-5-3-4-6-14(12)22-11-13-7-8-15(23-13)17(21)18-16-9-10-20(2)19-16/h3-10H,11H2,1-2H3,(H,18,19,21). The van der Waals surface area contributed by atoms with Gasteiger partial charge in [-0.25, -0.2) is 0 Å². The second-order valence-electron chi connectivity index (χ2n) is 5.15. The predicted molar refractivity (Wildman–Crippen MR) is 85.4 cm³/mol. The van der Waals surface area contributed by atoms with Crippen molar-refractivity contribution in [2.24, 2.45) is 7.05 Å². The largest absolute Gasteiger partial charge is 0.485 e. The van der Waals surface area contributed by atoms with Gasteiger partial charge in [0.25, 0.3) is 5.91 Å². The van der Waals surface area contributed by atoms with Crippen LogP contribution in [0, 0.1) is 6.92 Å². The molecule has 0 unspecified atom stereocenters. The van der Waals surface area contributed by atoms with Crippen molar-refractivity contribution in [1.82, 2.24) is 9.78 Å². The second kappa shape index (κ2) is 6.39. The number of ether oxygens (including phenoxy) is 1. The minimum atomic E-state index is -0.342. The minimum Gasteiger partial charge on any atom is -0.485 e. The third kappa shape index (κ3) is 3.60. The first-order chi connectivity index (χ1) is 11.1. The minimum absolute atomic E-state index is 0.221. The summed E-state index contributed by atoms with van der Waals surface area (Å²) >= 11 is 0. The lowest BCUT2D eigenvalue weighted by molar-refractivity contribution is 0.0992. The van der Waals surface area contributed by atoms with E-state index < -0.39 is 0 Å². The SMILES string of the molecule is Cc1ccccc1OCc1ccc(C(=O)Nc2ccn(C)n2)o1. The lowest BCUT2D eigenvalue weighted by atomic mass is 10.2. The fourth-order valence-electron chi connectivity index (χ4n) is 2.10. The molecule has 0 aliphatic heterocycles. The highest BCUT2D eigenvalue weighted by molar-refractivity contribution is 6.01. The molecule has 23 heavy (non-hydrogen) atoms. The fourth-order valence-corrected chi connectivity index (χ4v) is 2.10. The monoisotopic (exact) mass is 311 g/mol. The Hall–Kier alpha value is -3.02. The number of hydrogen-bond acceptors (Lipinski definition) is 4. The van der Waals surface area contributed by atoms with E-state index in [1.165, 1.54) is 0 Å². The van der Waals surface area contributed by atoms with Gasteiger partial charge in [-0.1, -0.05) is 18.2 Å². The van der Waals surface area contributed by atoms with Gasteiger partial charge in [0.2, 0.25) is 0 Å². The number of amides is 1. The third-order valence-electron chi connectivity index (χ3n) is 3.30. The van der Waals surface area contributed by atoms with Crippen molar-refractivity contribution in [1.29, 1.82) is 0 Å². The average Bonchev–Trinajstić information content (AvgIpc) is 3.16. The van der Waals surface area contributed by atoms with E-state index in [0.29, 0.717) is 11.6 Å². The molecule has 0 aliphatic rings. The van der Waals surface area contributed by atoms with E-state index in [4.69, 9.17) is 9.15 Å². The van der Waals surface area contributed by atoms with E-state index in [0.717, 1.165) is 11.3 Å². The molecule has 1 aromatic carbocycles.